The number of aryl methyl sites for hydroxylation is 2. The van der Waals surface area contributed by atoms with Gasteiger partial charge in [0.05, 0.1) is 23.2 Å². The number of hydrogen-bond acceptors (Lipinski definition) is 5. The Bertz CT molecular complexity index is 1090. The normalized spacial score (nSPS) is 10.6. The third-order valence-corrected chi connectivity index (χ3v) is 4.24. The summed E-state index contributed by atoms with van der Waals surface area (Å²) in [6, 6.07) is 13.9. The van der Waals surface area contributed by atoms with E-state index in [1.54, 1.807) is 42.7 Å². The number of aromatic nitrogens is 2. The van der Waals surface area contributed by atoms with Crippen LogP contribution in [-0.4, -0.2) is 28.0 Å². The number of ether oxygens (including phenoxy) is 1. The Morgan fingerprint density at radius 2 is 1.93 bits per heavy atom. The Balaban J connectivity index is 1.73. The zero-order valence-corrected chi connectivity index (χ0v) is 15.8. The summed E-state index contributed by atoms with van der Waals surface area (Å²) in [5.41, 5.74) is 2.44. The smallest absolute Gasteiger partial charge is 0.338 e. The summed E-state index contributed by atoms with van der Waals surface area (Å²) in [5, 5.41) is 2.75. The monoisotopic (exact) mass is 379 g/mol. The Hall–Kier alpha value is -3.48. The maximum Gasteiger partial charge on any atom is 0.338 e. The summed E-state index contributed by atoms with van der Waals surface area (Å²) < 4.78 is 6.52. The minimum absolute atomic E-state index is 0.108. The zero-order valence-electron chi connectivity index (χ0n) is 15.8. The van der Waals surface area contributed by atoms with Crippen LogP contribution in [0.5, 0.6) is 0 Å². The van der Waals surface area contributed by atoms with Crippen molar-refractivity contribution in [2.24, 2.45) is 0 Å². The van der Waals surface area contributed by atoms with E-state index in [9.17, 15) is 14.4 Å². The van der Waals surface area contributed by atoms with E-state index in [2.05, 4.69) is 10.3 Å². The lowest BCUT2D eigenvalue weighted by Crippen LogP contribution is -2.26. The van der Waals surface area contributed by atoms with Crippen LogP contribution < -0.4 is 10.9 Å². The summed E-state index contributed by atoms with van der Waals surface area (Å²) in [7, 11) is 0. The van der Waals surface area contributed by atoms with Gasteiger partial charge < -0.3 is 14.6 Å². The van der Waals surface area contributed by atoms with Crippen molar-refractivity contribution in [3.8, 4) is 0 Å². The molecule has 0 saturated carbocycles. The van der Waals surface area contributed by atoms with Crippen LogP contribution >= 0.6 is 0 Å². The molecule has 144 valence electrons. The topological polar surface area (TPSA) is 90.3 Å². The molecule has 1 heterocycles. The van der Waals surface area contributed by atoms with Crippen LogP contribution in [0, 0.1) is 6.92 Å². The number of esters is 1. The minimum Gasteiger partial charge on any atom is -0.462 e. The van der Waals surface area contributed by atoms with Crippen LogP contribution in [0.25, 0.3) is 11.0 Å². The average Bonchev–Trinajstić information content (AvgIpc) is 2.69. The van der Waals surface area contributed by atoms with Gasteiger partial charge in [0.25, 0.3) is 5.56 Å². The van der Waals surface area contributed by atoms with Gasteiger partial charge in [-0.2, -0.15) is 0 Å². The van der Waals surface area contributed by atoms with Crippen LogP contribution in [-0.2, 0) is 16.1 Å². The zero-order chi connectivity index (χ0) is 20.1. The van der Waals surface area contributed by atoms with E-state index in [4.69, 9.17) is 4.74 Å². The van der Waals surface area contributed by atoms with Gasteiger partial charge in [0, 0.05) is 18.7 Å². The molecule has 0 bridgehead atoms. The minimum atomic E-state index is -0.441. The fraction of sp³-hybridized carbons (Fsp3) is 0.238. The van der Waals surface area contributed by atoms with Crippen molar-refractivity contribution >= 4 is 28.6 Å². The molecule has 3 aromatic rings. The molecule has 1 aromatic heterocycles. The fourth-order valence-electron chi connectivity index (χ4n) is 2.92. The van der Waals surface area contributed by atoms with Crippen LogP contribution in [0.1, 0.15) is 29.4 Å². The highest BCUT2D eigenvalue weighted by atomic mass is 16.5. The van der Waals surface area contributed by atoms with Gasteiger partial charge in [-0.15, -0.1) is 0 Å². The Kier molecular flexibility index (Phi) is 5.84. The number of nitrogens with zero attached hydrogens (tertiary/aromatic N) is 2. The second kappa shape index (κ2) is 8.47. The van der Waals surface area contributed by atoms with Crippen LogP contribution in [0.3, 0.4) is 0 Å². The third-order valence-electron chi connectivity index (χ3n) is 4.24. The van der Waals surface area contributed by atoms with E-state index < -0.39 is 5.97 Å². The molecule has 3 rings (SSSR count). The van der Waals surface area contributed by atoms with Gasteiger partial charge in [0.2, 0.25) is 5.91 Å². The maximum absolute atomic E-state index is 12.5. The number of nitrogens with one attached hydrogen (secondary N) is 1. The second-order valence-corrected chi connectivity index (χ2v) is 6.24. The van der Waals surface area contributed by atoms with Gasteiger partial charge in [0.1, 0.15) is 5.69 Å². The first-order valence-electron chi connectivity index (χ1n) is 9.03. The molecule has 0 aliphatic heterocycles. The molecule has 2 aromatic carbocycles. The third kappa shape index (κ3) is 4.25. The van der Waals surface area contributed by atoms with Crippen LogP contribution in [0.4, 0.5) is 5.69 Å². The fourth-order valence-corrected chi connectivity index (χ4v) is 2.92. The van der Waals surface area contributed by atoms with Crippen molar-refractivity contribution < 1.29 is 14.3 Å². The molecule has 28 heavy (non-hydrogen) atoms. The number of hydrogen-bond donors (Lipinski definition) is 1. The van der Waals surface area contributed by atoms with E-state index in [1.165, 1.54) is 0 Å². The number of carbonyl (C=O) groups excluding carboxylic acids is 2. The first-order chi connectivity index (χ1) is 13.5. The predicted molar refractivity (Wildman–Crippen MR) is 106 cm³/mol. The summed E-state index contributed by atoms with van der Waals surface area (Å²) >= 11 is 0. The maximum atomic E-state index is 12.5. The van der Waals surface area contributed by atoms with Gasteiger partial charge >= 0.3 is 5.97 Å². The molecule has 0 aliphatic carbocycles. The van der Waals surface area contributed by atoms with E-state index >= 15 is 0 Å². The largest absolute Gasteiger partial charge is 0.462 e. The first kappa shape index (κ1) is 19.3. The Labute approximate surface area is 162 Å². The van der Waals surface area contributed by atoms with Gasteiger partial charge in [-0.05, 0) is 44.2 Å². The molecule has 1 N–H and O–H groups in total. The molecule has 0 fully saturated rings. The quantitative estimate of drug-likeness (QED) is 0.665. The van der Waals surface area contributed by atoms with Gasteiger partial charge in [-0.25, -0.2) is 9.78 Å². The van der Waals surface area contributed by atoms with Crippen molar-refractivity contribution in [2.75, 3.05) is 11.9 Å². The van der Waals surface area contributed by atoms with Crippen LogP contribution in [0.2, 0.25) is 0 Å². The molecular formula is C21H21N3O4. The molecule has 0 unspecified atom stereocenters. The molecule has 0 atom stereocenters. The van der Waals surface area contributed by atoms with E-state index in [0.29, 0.717) is 28.0 Å². The van der Waals surface area contributed by atoms with Crippen LogP contribution in [0.15, 0.2) is 53.3 Å². The molecule has 0 radical (unpaired) electrons. The lowest BCUT2D eigenvalue weighted by molar-refractivity contribution is -0.116. The summed E-state index contributed by atoms with van der Waals surface area (Å²) in [5.74, 6) is -0.699. The van der Waals surface area contributed by atoms with Gasteiger partial charge in [-0.1, -0.05) is 18.2 Å². The van der Waals surface area contributed by atoms with Crippen molar-refractivity contribution in [3.05, 3.63) is 70.1 Å². The summed E-state index contributed by atoms with van der Waals surface area (Å²) in [4.78, 5) is 40.9. The number of benzene rings is 2. The highest BCUT2D eigenvalue weighted by Crippen LogP contribution is 2.13. The van der Waals surface area contributed by atoms with Crippen molar-refractivity contribution in [1.82, 2.24) is 9.55 Å². The Morgan fingerprint density at radius 3 is 2.71 bits per heavy atom. The van der Waals surface area contributed by atoms with Gasteiger partial charge in [0.15, 0.2) is 0 Å². The first-order valence-corrected chi connectivity index (χ1v) is 9.03. The summed E-state index contributed by atoms with van der Waals surface area (Å²) in [6.07, 6.45) is 0.108. The number of rotatable bonds is 6. The van der Waals surface area contributed by atoms with Crippen molar-refractivity contribution in [2.45, 2.75) is 26.8 Å². The van der Waals surface area contributed by atoms with E-state index in [-0.39, 0.29) is 31.0 Å². The van der Waals surface area contributed by atoms with Crippen molar-refractivity contribution in [3.63, 3.8) is 0 Å². The molecule has 7 nitrogen and oxygen atoms in total. The predicted octanol–water partition coefficient (Wildman–Crippen LogP) is 2.91. The summed E-state index contributed by atoms with van der Waals surface area (Å²) in [6.45, 7) is 3.90. The number of para-hydroxylation sites is 2. The number of carbonyl (C=O) groups is 2. The molecular weight excluding hydrogens is 358 g/mol. The standard InChI is InChI=1S/C21H21N3O4/c1-3-28-21(27)15-7-6-8-16(13-15)23-19(25)11-12-24-18-10-5-4-9-17(18)22-14(2)20(24)26/h4-10,13H,3,11-12H2,1-2H3,(H,23,25). The average molecular weight is 379 g/mol. The molecule has 0 aliphatic rings. The number of amides is 1. The van der Waals surface area contributed by atoms with E-state index in [0.717, 1.165) is 0 Å². The van der Waals surface area contributed by atoms with Crippen molar-refractivity contribution in [1.29, 1.82) is 0 Å². The SMILES string of the molecule is CCOC(=O)c1cccc(NC(=O)CCn2c(=O)c(C)nc3ccccc32)c1. The Morgan fingerprint density at radius 1 is 1.14 bits per heavy atom. The number of fused-ring (bicyclic) bond motifs is 1. The molecule has 0 saturated heterocycles. The van der Waals surface area contributed by atoms with E-state index in [1.807, 2.05) is 24.3 Å². The molecule has 0 spiro atoms. The second-order valence-electron chi connectivity index (χ2n) is 6.24. The van der Waals surface area contributed by atoms with Gasteiger partial charge in [-0.3, -0.25) is 9.59 Å². The lowest BCUT2D eigenvalue weighted by atomic mass is 10.2. The number of anilines is 1. The lowest BCUT2D eigenvalue weighted by Gasteiger charge is -2.11. The highest BCUT2D eigenvalue weighted by Gasteiger charge is 2.11. The molecule has 1 amide bonds. The molecule has 7 heteroatoms. The highest BCUT2D eigenvalue weighted by molar-refractivity contribution is 5.94.